The Morgan fingerprint density at radius 2 is 2.10 bits per heavy atom. The summed E-state index contributed by atoms with van der Waals surface area (Å²) in [4.78, 5) is 9.57. The van der Waals surface area contributed by atoms with Crippen molar-refractivity contribution in [2.75, 3.05) is 49.3 Å². The third-order valence-electron chi connectivity index (χ3n) is 6.34. The molecule has 3 aromatic rings. The van der Waals surface area contributed by atoms with Crippen molar-refractivity contribution in [3.05, 3.63) is 24.5 Å². The van der Waals surface area contributed by atoms with Crippen LogP contribution < -0.4 is 9.80 Å². The molecule has 3 aliphatic rings. The fourth-order valence-electron chi connectivity index (χ4n) is 4.84. The molecule has 0 aromatic carbocycles. The summed E-state index contributed by atoms with van der Waals surface area (Å²) in [6, 6.07) is 3.93. The molecular weight excluding hydrogens is 386 g/mol. The molecule has 0 aliphatic carbocycles. The predicted molar refractivity (Wildman–Crippen MR) is 110 cm³/mol. The highest BCUT2D eigenvalue weighted by Gasteiger charge is 2.35. The van der Waals surface area contributed by atoms with E-state index in [-0.39, 0.29) is 24.9 Å². The number of aromatic nitrogens is 5. The van der Waals surface area contributed by atoms with Crippen LogP contribution in [-0.4, -0.2) is 87.8 Å². The Balaban J connectivity index is 1.49. The molecule has 6 heterocycles. The standard InChI is InChI=1S/C20H25N7O3/c28-11-13-12-29-6-5-26(13)17-7-19(25-9-14-1-2-15(10-25)30-14)23-20-16(17)8-22-27(20)18-3-4-21-24-18/h3-4,7-8,13-15,28H,1-2,5-6,9-12H2,(H,21,24). The number of nitrogens with one attached hydrogen (secondary N) is 1. The van der Waals surface area contributed by atoms with Crippen molar-refractivity contribution in [3.63, 3.8) is 0 Å². The highest BCUT2D eigenvalue weighted by Crippen LogP contribution is 2.35. The SMILES string of the molecule is OCC1COCCN1c1cc(N2CC3CCC(C2)O3)nc2c1cnn2-c1ccn[nH]1. The molecule has 3 fully saturated rings. The number of pyridine rings is 1. The first-order valence-electron chi connectivity index (χ1n) is 10.5. The van der Waals surface area contributed by atoms with Crippen LogP contribution in [0.25, 0.3) is 16.9 Å². The quantitative estimate of drug-likeness (QED) is 0.647. The second kappa shape index (κ2) is 7.22. The van der Waals surface area contributed by atoms with Gasteiger partial charge < -0.3 is 24.4 Å². The molecule has 6 rings (SSSR count). The van der Waals surface area contributed by atoms with E-state index in [4.69, 9.17) is 14.5 Å². The Hall–Kier alpha value is -2.69. The number of H-pyrrole nitrogens is 1. The van der Waals surface area contributed by atoms with E-state index >= 15 is 0 Å². The number of hydrogen-bond donors (Lipinski definition) is 2. The van der Waals surface area contributed by atoms with Gasteiger partial charge in [0.05, 0.1) is 61.5 Å². The molecule has 3 aliphatic heterocycles. The number of rotatable bonds is 4. The molecule has 2 bridgehead atoms. The molecule has 0 radical (unpaired) electrons. The van der Waals surface area contributed by atoms with Crippen molar-refractivity contribution in [1.82, 2.24) is 25.0 Å². The van der Waals surface area contributed by atoms with Crippen LogP contribution in [0.15, 0.2) is 24.5 Å². The number of aromatic amines is 1. The van der Waals surface area contributed by atoms with Gasteiger partial charge in [-0.05, 0) is 12.8 Å². The molecule has 10 nitrogen and oxygen atoms in total. The second-order valence-electron chi connectivity index (χ2n) is 8.20. The predicted octanol–water partition coefficient (Wildman–Crippen LogP) is 0.709. The maximum Gasteiger partial charge on any atom is 0.169 e. The topological polar surface area (TPSA) is 105 Å². The number of fused-ring (bicyclic) bond motifs is 3. The van der Waals surface area contributed by atoms with Crippen molar-refractivity contribution in [2.24, 2.45) is 0 Å². The van der Waals surface area contributed by atoms with Crippen LogP contribution >= 0.6 is 0 Å². The van der Waals surface area contributed by atoms with Gasteiger partial charge in [0.2, 0.25) is 0 Å². The summed E-state index contributed by atoms with van der Waals surface area (Å²) in [6.45, 7) is 3.58. The minimum atomic E-state index is -0.0893. The van der Waals surface area contributed by atoms with Gasteiger partial charge in [-0.2, -0.15) is 14.9 Å². The van der Waals surface area contributed by atoms with E-state index in [0.29, 0.717) is 19.8 Å². The van der Waals surface area contributed by atoms with Gasteiger partial charge >= 0.3 is 0 Å². The fourth-order valence-corrected chi connectivity index (χ4v) is 4.84. The molecule has 3 aromatic heterocycles. The first-order chi connectivity index (χ1) is 14.8. The molecule has 10 heteroatoms. The number of aliphatic hydroxyl groups is 1. The van der Waals surface area contributed by atoms with Crippen molar-refractivity contribution >= 4 is 22.5 Å². The highest BCUT2D eigenvalue weighted by molar-refractivity contribution is 5.92. The maximum atomic E-state index is 9.95. The van der Waals surface area contributed by atoms with Gasteiger partial charge in [-0.15, -0.1) is 0 Å². The summed E-state index contributed by atoms with van der Waals surface area (Å²) in [7, 11) is 0. The molecule has 30 heavy (non-hydrogen) atoms. The minimum absolute atomic E-state index is 0.0372. The molecule has 3 unspecified atom stereocenters. The number of anilines is 2. The van der Waals surface area contributed by atoms with Crippen LogP contribution in [0.4, 0.5) is 11.5 Å². The summed E-state index contributed by atoms with van der Waals surface area (Å²) in [5.41, 5.74) is 1.80. The lowest BCUT2D eigenvalue weighted by atomic mass is 10.1. The zero-order valence-corrected chi connectivity index (χ0v) is 16.6. The van der Waals surface area contributed by atoms with Gasteiger partial charge in [0.15, 0.2) is 11.5 Å². The summed E-state index contributed by atoms with van der Waals surface area (Å²) in [6.07, 6.45) is 6.31. The van der Waals surface area contributed by atoms with Gasteiger partial charge in [0.25, 0.3) is 0 Å². The maximum absolute atomic E-state index is 9.95. The van der Waals surface area contributed by atoms with Crippen LogP contribution in [0.3, 0.4) is 0 Å². The average molecular weight is 411 g/mol. The Bertz CT molecular complexity index is 1020. The number of hydrogen-bond acceptors (Lipinski definition) is 8. The van der Waals surface area contributed by atoms with Gasteiger partial charge in [0, 0.05) is 31.8 Å². The summed E-state index contributed by atoms with van der Waals surface area (Å²) in [5.74, 6) is 1.69. The lowest BCUT2D eigenvalue weighted by Crippen LogP contribution is -2.48. The van der Waals surface area contributed by atoms with Crippen LogP contribution in [0.5, 0.6) is 0 Å². The molecule has 2 N–H and O–H groups in total. The number of aliphatic hydroxyl groups excluding tert-OH is 1. The first kappa shape index (κ1) is 18.1. The van der Waals surface area contributed by atoms with E-state index in [0.717, 1.165) is 54.3 Å². The van der Waals surface area contributed by atoms with E-state index in [1.807, 2.05) is 12.3 Å². The van der Waals surface area contributed by atoms with Gasteiger partial charge in [0.1, 0.15) is 5.82 Å². The molecular formula is C20H25N7O3. The summed E-state index contributed by atoms with van der Waals surface area (Å²) >= 11 is 0. The van der Waals surface area contributed by atoms with Gasteiger partial charge in [-0.25, -0.2) is 4.98 Å². The van der Waals surface area contributed by atoms with Crippen LogP contribution in [0.1, 0.15) is 12.8 Å². The van der Waals surface area contributed by atoms with E-state index in [2.05, 4.69) is 31.2 Å². The molecule has 158 valence electrons. The smallest absolute Gasteiger partial charge is 0.169 e. The zero-order valence-electron chi connectivity index (χ0n) is 16.6. The second-order valence-corrected chi connectivity index (χ2v) is 8.20. The Labute approximate surface area is 173 Å². The molecule has 3 atom stereocenters. The zero-order chi connectivity index (χ0) is 20.1. The first-order valence-corrected chi connectivity index (χ1v) is 10.5. The third-order valence-corrected chi connectivity index (χ3v) is 6.34. The Morgan fingerprint density at radius 1 is 1.23 bits per heavy atom. The van der Waals surface area contributed by atoms with E-state index in [1.54, 1.807) is 10.9 Å². The highest BCUT2D eigenvalue weighted by atomic mass is 16.5. The Kier molecular flexibility index (Phi) is 4.36. The van der Waals surface area contributed by atoms with Crippen molar-refractivity contribution in [2.45, 2.75) is 31.1 Å². The summed E-state index contributed by atoms with van der Waals surface area (Å²) in [5, 5.41) is 22.5. The lowest BCUT2D eigenvalue weighted by molar-refractivity contribution is 0.0302. The average Bonchev–Trinajstić information content (AvgIpc) is 3.52. The Morgan fingerprint density at radius 3 is 2.87 bits per heavy atom. The molecule has 0 amide bonds. The number of nitrogens with zero attached hydrogens (tertiary/aromatic N) is 6. The van der Waals surface area contributed by atoms with Gasteiger partial charge in [-0.3, -0.25) is 5.10 Å². The van der Waals surface area contributed by atoms with E-state index in [1.165, 1.54) is 0 Å². The monoisotopic (exact) mass is 411 g/mol. The molecule has 3 saturated heterocycles. The number of ether oxygens (including phenoxy) is 2. The minimum Gasteiger partial charge on any atom is -0.394 e. The van der Waals surface area contributed by atoms with Crippen LogP contribution in [0.2, 0.25) is 0 Å². The van der Waals surface area contributed by atoms with Gasteiger partial charge in [-0.1, -0.05) is 0 Å². The van der Waals surface area contributed by atoms with E-state index < -0.39 is 0 Å². The van der Waals surface area contributed by atoms with Crippen LogP contribution in [0, 0.1) is 0 Å². The van der Waals surface area contributed by atoms with Crippen LogP contribution in [-0.2, 0) is 9.47 Å². The lowest BCUT2D eigenvalue weighted by Gasteiger charge is -2.38. The third kappa shape index (κ3) is 2.94. The molecule has 0 saturated carbocycles. The number of morpholine rings is 2. The normalized spacial score (nSPS) is 26.6. The largest absolute Gasteiger partial charge is 0.394 e. The summed E-state index contributed by atoms with van der Waals surface area (Å²) < 4.78 is 13.4. The van der Waals surface area contributed by atoms with E-state index in [9.17, 15) is 5.11 Å². The van der Waals surface area contributed by atoms with Crippen molar-refractivity contribution in [1.29, 1.82) is 0 Å². The van der Waals surface area contributed by atoms with Crippen molar-refractivity contribution in [3.8, 4) is 5.82 Å². The molecule has 0 spiro atoms. The van der Waals surface area contributed by atoms with Crippen molar-refractivity contribution < 1.29 is 14.6 Å². The fraction of sp³-hybridized carbons (Fsp3) is 0.550.